The van der Waals surface area contributed by atoms with E-state index in [4.69, 9.17) is 15.7 Å². The minimum atomic E-state index is -4.69. The smallest absolute Gasteiger partial charge is 0.382 e. The highest BCUT2D eigenvalue weighted by Crippen LogP contribution is 2.20. The molecule has 0 saturated carbocycles. The zero-order valence-electron chi connectivity index (χ0n) is 10.0. The van der Waals surface area contributed by atoms with Crippen molar-refractivity contribution in [3.63, 3.8) is 0 Å². The molecule has 10 heteroatoms. The Kier molecular flexibility index (Phi) is 5.27. The second-order valence-corrected chi connectivity index (χ2v) is 3.57. The van der Waals surface area contributed by atoms with Crippen molar-refractivity contribution in [2.45, 2.75) is 18.9 Å². The van der Waals surface area contributed by atoms with Crippen molar-refractivity contribution >= 4 is 11.6 Å². The fraction of sp³-hybridized carbons (Fsp3) is 0.556. The Hall–Kier alpha value is -1.65. The number of nitrogen functional groups attached to an aromatic ring is 1. The summed E-state index contributed by atoms with van der Waals surface area (Å²) in [6.45, 7) is -0.650. The van der Waals surface area contributed by atoms with Crippen molar-refractivity contribution in [1.82, 2.24) is 9.97 Å². The monoisotopic (exact) mass is 281 g/mol. The van der Waals surface area contributed by atoms with E-state index in [0.29, 0.717) is 0 Å². The van der Waals surface area contributed by atoms with E-state index in [1.165, 1.54) is 13.2 Å². The van der Waals surface area contributed by atoms with Crippen molar-refractivity contribution in [2.24, 2.45) is 5.84 Å². The number of hydrogen-bond acceptors (Lipinski definition) is 7. The van der Waals surface area contributed by atoms with E-state index in [2.05, 4.69) is 20.7 Å². The first-order valence-corrected chi connectivity index (χ1v) is 5.19. The summed E-state index contributed by atoms with van der Waals surface area (Å²) in [4.78, 5) is 7.82. The third kappa shape index (κ3) is 4.85. The Morgan fingerprint density at radius 1 is 1.42 bits per heavy atom. The van der Waals surface area contributed by atoms with E-state index >= 15 is 0 Å². The van der Waals surface area contributed by atoms with Crippen LogP contribution in [-0.2, 0) is 11.3 Å². The van der Waals surface area contributed by atoms with Crippen LogP contribution in [0.5, 0.6) is 0 Å². The average molecular weight is 281 g/mol. The number of methoxy groups -OCH3 is 1. The van der Waals surface area contributed by atoms with Gasteiger partial charge in [-0.25, -0.2) is 15.8 Å². The van der Waals surface area contributed by atoms with Crippen LogP contribution in [-0.4, -0.2) is 41.0 Å². The fourth-order valence-corrected chi connectivity index (χ4v) is 1.17. The SMILES string of the molecule is COCc1nc(NN)cc(NCC(O)C(F)(F)F)n1. The molecule has 1 heterocycles. The fourth-order valence-electron chi connectivity index (χ4n) is 1.17. The number of nitrogens with zero attached hydrogens (tertiary/aromatic N) is 2. The molecule has 0 radical (unpaired) electrons. The number of hydrazine groups is 1. The van der Waals surface area contributed by atoms with Gasteiger partial charge in [0.2, 0.25) is 0 Å². The van der Waals surface area contributed by atoms with Crippen LogP contribution >= 0.6 is 0 Å². The standard InChI is InChI=1S/C9H14F3N5O2/c1-19-4-8-15-6(2-7(16-8)17-13)14-3-5(18)9(10,11)12/h2,5,18H,3-4,13H2,1H3,(H2,14,15,16,17). The van der Waals surface area contributed by atoms with Crippen LogP contribution in [0.1, 0.15) is 5.82 Å². The van der Waals surface area contributed by atoms with Gasteiger partial charge in [0.05, 0.1) is 6.54 Å². The Bertz CT molecular complexity index is 415. The second-order valence-electron chi connectivity index (χ2n) is 3.57. The van der Waals surface area contributed by atoms with Gasteiger partial charge in [-0.2, -0.15) is 13.2 Å². The van der Waals surface area contributed by atoms with Crippen molar-refractivity contribution in [1.29, 1.82) is 0 Å². The molecule has 5 N–H and O–H groups in total. The van der Waals surface area contributed by atoms with Crippen LogP contribution in [0.4, 0.5) is 24.8 Å². The number of aliphatic hydroxyl groups excluding tert-OH is 1. The first kappa shape index (κ1) is 15.4. The van der Waals surface area contributed by atoms with Crippen LogP contribution in [0.2, 0.25) is 0 Å². The van der Waals surface area contributed by atoms with Crippen LogP contribution in [0.25, 0.3) is 0 Å². The Balaban J connectivity index is 2.74. The molecule has 0 aromatic carbocycles. The molecule has 19 heavy (non-hydrogen) atoms. The van der Waals surface area contributed by atoms with Crippen LogP contribution in [0, 0.1) is 0 Å². The van der Waals surface area contributed by atoms with Gasteiger partial charge in [0.1, 0.15) is 18.2 Å². The van der Waals surface area contributed by atoms with Gasteiger partial charge in [-0.1, -0.05) is 0 Å². The number of aromatic nitrogens is 2. The Labute approximate surface area is 107 Å². The normalized spacial score (nSPS) is 13.2. The van der Waals surface area contributed by atoms with Gasteiger partial charge >= 0.3 is 6.18 Å². The molecule has 0 aliphatic carbocycles. The Morgan fingerprint density at radius 2 is 2.05 bits per heavy atom. The number of ether oxygens (including phenoxy) is 1. The maximum absolute atomic E-state index is 12.1. The molecule has 7 nitrogen and oxygen atoms in total. The molecule has 0 bridgehead atoms. The average Bonchev–Trinajstić information content (AvgIpc) is 2.34. The summed E-state index contributed by atoms with van der Waals surface area (Å²) < 4.78 is 41.2. The van der Waals surface area contributed by atoms with E-state index in [9.17, 15) is 13.2 Å². The number of nitrogens with two attached hydrogens (primary N) is 1. The predicted octanol–water partition coefficient (Wildman–Crippen LogP) is 0.244. The van der Waals surface area contributed by atoms with Gasteiger partial charge < -0.3 is 20.6 Å². The van der Waals surface area contributed by atoms with Gasteiger partial charge in [-0.15, -0.1) is 0 Å². The number of anilines is 2. The van der Waals surface area contributed by atoms with E-state index in [1.807, 2.05) is 0 Å². The molecule has 0 amide bonds. The summed E-state index contributed by atoms with van der Waals surface area (Å²) in [6.07, 6.45) is -7.17. The molecule has 1 aromatic rings. The van der Waals surface area contributed by atoms with Gasteiger partial charge in [0.15, 0.2) is 11.9 Å². The first-order valence-electron chi connectivity index (χ1n) is 5.19. The lowest BCUT2D eigenvalue weighted by Gasteiger charge is -2.16. The van der Waals surface area contributed by atoms with E-state index in [-0.39, 0.29) is 24.1 Å². The van der Waals surface area contributed by atoms with Crippen molar-refractivity contribution in [3.05, 3.63) is 11.9 Å². The number of rotatable bonds is 6. The molecule has 0 aliphatic rings. The van der Waals surface area contributed by atoms with E-state index in [1.54, 1.807) is 0 Å². The summed E-state index contributed by atoms with van der Waals surface area (Å²) in [5, 5.41) is 11.2. The van der Waals surface area contributed by atoms with Crippen LogP contribution < -0.4 is 16.6 Å². The maximum atomic E-state index is 12.1. The zero-order valence-corrected chi connectivity index (χ0v) is 10.0. The number of halogens is 3. The minimum Gasteiger partial charge on any atom is -0.382 e. The summed E-state index contributed by atoms with van der Waals surface area (Å²) in [6, 6.07) is 1.31. The molecule has 108 valence electrons. The van der Waals surface area contributed by atoms with Crippen molar-refractivity contribution in [3.8, 4) is 0 Å². The molecule has 0 spiro atoms. The van der Waals surface area contributed by atoms with Gasteiger partial charge in [-0.05, 0) is 0 Å². The van der Waals surface area contributed by atoms with Crippen molar-refractivity contribution < 1.29 is 23.0 Å². The molecule has 1 aromatic heterocycles. The molecular weight excluding hydrogens is 267 g/mol. The number of nitrogens with one attached hydrogen (secondary N) is 2. The second kappa shape index (κ2) is 6.50. The highest BCUT2D eigenvalue weighted by Gasteiger charge is 2.37. The lowest BCUT2D eigenvalue weighted by molar-refractivity contribution is -0.198. The van der Waals surface area contributed by atoms with E-state index < -0.39 is 18.8 Å². The summed E-state index contributed by atoms with van der Waals surface area (Å²) >= 11 is 0. The molecule has 0 saturated heterocycles. The highest BCUT2D eigenvalue weighted by atomic mass is 19.4. The van der Waals surface area contributed by atoms with Crippen LogP contribution in [0.3, 0.4) is 0 Å². The summed E-state index contributed by atoms with van der Waals surface area (Å²) in [7, 11) is 1.42. The molecular formula is C9H14F3N5O2. The lowest BCUT2D eigenvalue weighted by atomic mass is 10.3. The molecule has 0 fully saturated rings. The molecule has 1 atom stereocenters. The van der Waals surface area contributed by atoms with E-state index in [0.717, 1.165) is 0 Å². The molecule has 1 unspecified atom stereocenters. The van der Waals surface area contributed by atoms with Gasteiger partial charge in [0, 0.05) is 13.2 Å². The first-order chi connectivity index (χ1) is 8.86. The maximum Gasteiger partial charge on any atom is 0.416 e. The Morgan fingerprint density at radius 3 is 2.58 bits per heavy atom. The number of hydrogen-bond donors (Lipinski definition) is 4. The zero-order chi connectivity index (χ0) is 14.5. The topological polar surface area (TPSA) is 105 Å². The number of aliphatic hydroxyl groups is 1. The third-order valence-electron chi connectivity index (χ3n) is 2.05. The minimum absolute atomic E-state index is 0.0754. The van der Waals surface area contributed by atoms with Crippen LogP contribution in [0.15, 0.2) is 6.07 Å². The predicted molar refractivity (Wildman–Crippen MR) is 61.1 cm³/mol. The third-order valence-corrected chi connectivity index (χ3v) is 2.05. The molecule has 0 aliphatic heterocycles. The van der Waals surface area contributed by atoms with Gasteiger partial charge in [0.25, 0.3) is 0 Å². The largest absolute Gasteiger partial charge is 0.416 e. The summed E-state index contributed by atoms with van der Waals surface area (Å²) in [5.41, 5.74) is 2.25. The van der Waals surface area contributed by atoms with Crippen molar-refractivity contribution in [2.75, 3.05) is 24.4 Å². The number of alkyl halides is 3. The quantitative estimate of drug-likeness (QED) is 0.437. The lowest BCUT2D eigenvalue weighted by Crippen LogP contribution is -2.35. The van der Waals surface area contributed by atoms with Gasteiger partial charge in [-0.3, -0.25) is 0 Å². The highest BCUT2D eigenvalue weighted by molar-refractivity contribution is 5.46. The molecule has 1 rings (SSSR count). The summed E-state index contributed by atoms with van der Waals surface area (Å²) in [5.74, 6) is 5.72.